The van der Waals surface area contributed by atoms with Crippen LogP contribution in [0.2, 0.25) is 0 Å². The first-order valence-electron chi connectivity index (χ1n) is 8.70. The fourth-order valence-electron chi connectivity index (χ4n) is 3.50. The number of aromatic nitrogens is 2. The first-order chi connectivity index (χ1) is 12.6. The van der Waals surface area contributed by atoms with Crippen molar-refractivity contribution in [3.8, 4) is 6.07 Å². The first kappa shape index (κ1) is 16.6. The Labute approximate surface area is 151 Å². The molecule has 0 aliphatic carbocycles. The second kappa shape index (κ2) is 6.43. The quantitative estimate of drug-likeness (QED) is 0.786. The number of alkyl halides is 1. The van der Waals surface area contributed by atoms with Crippen LogP contribution in [-0.4, -0.2) is 34.9 Å². The second-order valence-electron chi connectivity index (χ2n) is 6.82. The van der Waals surface area contributed by atoms with Crippen LogP contribution in [0.4, 0.5) is 10.3 Å². The lowest BCUT2D eigenvalue weighted by atomic mass is 10.1. The molecular formula is C20H20FN5. The fraction of sp³-hybridized carbons (Fsp3) is 0.300. The average molecular weight is 349 g/mol. The Hall–Kier alpha value is -2.91. The topological polar surface area (TPSA) is 70.9 Å². The van der Waals surface area contributed by atoms with Crippen molar-refractivity contribution in [3.05, 3.63) is 59.7 Å². The molecule has 2 aromatic carbocycles. The third-order valence-corrected chi connectivity index (χ3v) is 5.01. The summed E-state index contributed by atoms with van der Waals surface area (Å²) in [5.41, 5.74) is 7.87. The van der Waals surface area contributed by atoms with Crippen LogP contribution in [0.25, 0.3) is 11.0 Å². The maximum Gasteiger partial charge on any atom is 0.206 e. The molecule has 0 unspecified atom stereocenters. The number of hydrogen-bond acceptors (Lipinski definition) is 4. The number of halogens is 1. The van der Waals surface area contributed by atoms with E-state index >= 15 is 0 Å². The van der Waals surface area contributed by atoms with Crippen LogP contribution in [-0.2, 0) is 6.54 Å². The highest BCUT2D eigenvalue weighted by molar-refractivity contribution is 5.79. The predicted octanol–water partition coefficient (Wildman–Crippen LogP) is 2.83. The van der Waals surface area contributed by atoms with Gasteiger partial charge in [0.25, 0.3) is 0 Å². The van der Waals surface area contributed by atoms with Crippen molar-refractivity contribution >= 4 is 17.0 Å². The summed E-state index contributed by atoms with van der Waals surface area (Å²) in [4.78, 5) is 6.74. The summed E-state index contributed by atoms with van der Waals surface area (Å²) in [7, 11) is 0. The van der Waals surface area contributed by atoms with E-state index in [0.29, 0.717) is 25.1 Å². The van der Waals surface area contributed by atoms with Crippen LogP contribution >= 0.6 is 0 Å². The maximum absolute atomic E-state index is 14.6. The van der Waals surface area contributed by atoms with Crippen molar-refractivity contribution in [1.29, 1.82) is 5.26 Å². The molecule has 0 amide bonds. The van der Waals surface area contributed by atoms with Crippen LogP contribution in [0.1, 0.15) is 17.5 Å². The molecule has 26 heavy (non-hydrogen) atoms. The number of nitriles is 1. The van der Waals surface area contributed by atoms with Gasteiger partial charge in [0, 0.05) is 19.5 Å². The SMILES string of the molecule is N#Cc1ccc(Cn2c(N3CC[C@](F)(CN)C3)nc3ccccc32)cc1. The van der Waals surface area contributed by atoms with E-state index in [1.165, 1.54) is 0 Å². The summed E-state index contributed by atoms with van der Waals surface area (Å²) in [6, 6.07) is 17.6. The molecule has 2 heterocycles. The number of hydrogen-bond donors (Lipinski definition) is 1. The smallest absolute Gasteiger partial charge is 0.206 e. The van der Waals surface area contributed by atoms with Gasteiger partial charge in [-0.1, -0.05) is 24.3 Å². The van der Waals surface area contributed by atoms with Gasteiger partial charge in [0.05, 0.1) is 35.8 Å². The molecule has 1 fully saturated rings. The largest absolute Gasteiger partial charge is 0.339 e. The number of nitrogens with zero attached hydrogens (tertiary/aromatic N) is 4. The summed E-state index contributed by atoms with van der Waals surface area (Å²) < 4.78 is 16.8. The first-order valence-corrected chi connectivity index (χ1v) is 8.70. The van der Waals surface area contributed by atoms with E-state index < -0.39 is 5.67 Å². The number of imidazole rings is 1. The number of nitrogens with two attached hydrogens (primary N) is 1. The molecule has 132 valence electrons. The van der Waals surface area contributed by atoms with Gasteiger partial charge in [-0.05, 0) is 29.8 Å². The van der Waals surface area contributed by atoms with Gasteiger partial charge in [-0.2, -0.15) is 5.26 Å². The Balaban J connectivity index is 1.73. The van der Waals surface area contributed by atoms with Crippen LogP contribution in [0.5, 0.6) is 0 Å². The molecule has 1 aromatic heterocycles. The third-order valence-electron chi connectivity index (χ3n) is 5.01. The zero-order chi connectivity index (χ0) is 18.1. The highest BCUT2D eigenvalue weighted by Crippen LogP contribution is 2.31. The van der Waals surface area contributed by atoms with Crippen LogP contribution < -0.4 is 10.6 Å². The maximum atomic E-state index is 14.6. The van der Waals surface area contributed by atoms with Crippen molar-refractivity contribution in [3.63, 3.8) is 0 Å². The van der Waals surface area contributed by atoms with E-state index in [0.717, 1.165) is 22.5 Å². The molecule has 0 saturated carbocycles. The summed E-state index contributed by atoms with van der Waals surface area (Å²) >= 11 is 0. The molecule has 0 bridgehead atoms. The van der Waals surface area contributed by atoms with E-state index in [2.05, 4.69) is 10.6 Å². The third kappa shape index (κ3) is 2.91. The molecule has 1 atom stereocenters. The lowest BCUT2D eigenvalue weighted by molar-refractivity contribution is 0.203. The Bertz CT molecular complexity index is 972. The average Bonchev–Trinajstić information content (AvgIpc) is 3.24. The zero-order valence-electron chi connectivity index (χ0n) is 14.4. The van der Waals surface area contributed by atoms with Gasteiger partial charge in [-0.3, -0.25) is 0 Å². The number of benzene rings is 2. The molecule has 5 nitrogen and oxygen atoms in total. The number of para-hydroxylation sites is 2. The molecule has 0 spiro atoms. The molecule has 4 rings (SSSR count). The molecule has 1 saturated heterocycles. The normalized spacial score (nSPS) is 19.8. The minimum absolute atomic E-state index is 0.0271. The van der Waals surface area contributed by atoms with Gasteiger partial charge in [-0.15, -0.1) is 0 Å². The van der Waals surface area contributed by atoms with Crippen LogP contribution in [0.15, 0.2) is 48.5 Å². The summed E-state index contributed by atoms with van der Waals surface area (Å²) in [6.45, 7) is 1.50. The van der Waals surface area contributed by atoms with Crippen LogP contribution in [0.3, 0.4) is 0 Å². The molecule has 3 aromatic rings. The monoisotopic (exact) mass is 349 g/mol. The predicted molar refractivity (Wildman–Crippen MR) is 99.7 cm³/mol. The lowest BCUT2D eigenvalue weighted by Gasteiger charge is -2.21. The van der Waals surface area contributed by atoms with Crippen molar-refractivity contribution in [2.45, 2.75) is 18.6 Å². The molecule has 1 aliphatic rings. The van der Waals surface area contributed by atoms with E-state index in [-0.39, 0.29) is 13.1 Å². The summed E-state index contributed by atoms with van der Waals surface area (Å²) in [6.07, 6.45) is 0.420. The zero-order valence-corrected chi connectivity index (χ0v) is 14.4. The minimum atomic E-state index is -1.35. The highest BCUT2D eigenvalue weighted by atomic mass is 19.1. The highest BCUT2D eigenvalue weighted by Gasteiger charge is 2.38. The minimum Gasteiger partial charge on any atom is -0.339 e. The Morgan fingerprint density at radius 2 is 1.96 bits per heavy atom. The van der Waals surface area contributed by atoms with E-state index in [1.54, 1.807) is 0 Å². The van der Waals surface area contributed by atoms with E-state index in [4.69, 9.17) is 16.0 Å². The summed E-state index contributed by atoms with van der Waals surface area (Å²) in [5, 5.41) is 8.97. The van der Waals surface area contributed by atoms with Crippen LogP contribution in [0, 0.1) is 11.3 Å². The van der Waals surface area contributed by atoms with E-state index in [1.807, 2.05) is 53.4 Å². The second-order valence-corrected chi connectivity index (χ2v) is 6.82. The van der Waals surface area contributed by atoms with Gasteiger partial charge >= 0.3 is 0 Å². The van der Waals surface area contributed by atoms with Gasteiger partial charge < -0.3 is 15.2 Å². The standard InChI is InChI=1S/C20H20FN5/c21-20(13-23)9-10-25(14-20)19-24-17-3-1-2-4-18(17)26(19)12-16-7-5-15(11-22)6-8-16/h1-8H,9-10,12-14,23H2/t20-/m0/s1. The van der Waals surface area contributed by atoms with Gasteiger partial charge in [-0.25, -0.2) is 9.37 Å². The van der Waals surface area contributed by atoms with E-state index in [9.17, 15) is 4.39 Å². The van der Waals surface area contributed by atoms with Crippen molar-refractivity contribution in [2.24, 2.45) is 5.73 Å². The Morgan fingerprint density at radius 1 is 1.19 bits per heavy atom. The molecule has 1 aliphatic heterocycles. The van der Waals surface area contributed by atoms with Crippen molar-refractivity contribution in [2.75, 3.05) is 24.5 Å². The molecule has 0 radical (unpaired) electrons. The van der Waals surface area contributed by atoms with Crippen molar-refractivity contribution in [1.82, 2.24) is 9.55 Å². The Morgan fingerprint density at radius 3 is 2.65 bits per heavy atom. The summed E-state index contributed by atoms with van der Waals surface area (Å²) in [5.74, 6) is 0.767. The molecule has 6 heteroatoms. The van der Waals surface area contributed by atoms with Crippen molar-refractivity contribution < 1.29 is 4.39 Å². The number of anilines is 1. The Kier molecular flexibility index (Phi) is 4.09. The van der Waals surface area contributed by atoms with Gasteiger partial charge in [0.15, 0.2) is 0 Å². The lowest BCUT2D eigenvalue weighted by Crippen LogP contribution is -2.37. The number of rotatable bonds is 4. The number of fused-ring (bicyclic) bond motifs is 1. The fourth-order valence-corrected chi connectivity index (χ4v) is 3.50. The van der Waals surface area contributed by atoms with Gasteiger partial charge in [0.1, 0.15) is 5.67 Å². The molecular weight excluding hydrogens is 329 g/mol. The van der Waals surface area contributed by atoms with Gasteiger partial charge in [0.2, 0.25) is 5.95 Å². The molecule has 2 N–H and O–H groups in total.